The fourth-order valence-electron chi connectivity index (χ4n) is 2.25. The van der Waals surface area contributed by atoms with Crippen molar-refractivity contribution in [2.24, 2.45) is 0 Å². The Bertz CT molecular complexity index is 561. The van der Waals surface area contributed by atoms with E-state index < -0.39 is 0 Å². The summed E-state index contributed by atoms with van der Waals surface area (Å²) in [6, 6.07) is 4.07. The Hall–Kier alpha value is -1.33. The molecule has 0 saturated carbocycles. The molecule has 1 aliphatic rings. The van der Waals surface area contributed by atoms with Crippen LogP contribution in [0.1, 0.15) is 13.8 Å². The van der Waals surface area contributed by atoms with E-state index in [1.54, 1.807) is 12.1 Å². The van der Waals surface area contributed by atoms with Crippen molar-refractivity contribution < 1.29 is 9.15 Å². The Balaban J connectivity index is 1.93. The normalized spacial score (nSPS) is 24.7. The number of nitrogens with zero attached hydrogens (tertiary/aromatic N) is 3. The van der Waals surface area contributed by atoms with Crippen molar-refractivity contribution in [3.05, 3.63) is 17.3 Å². The summed E-state index contributed by atoms with van der Waals surface area (Å²) in [5.41, 5.74) is 1.20. The highest BCUT2D eigenvalue weighted by atomic mass is 35.5. The lowest BCUT2D eigenvalue weighted by atomic mass is 10.2. The predicted octanol–water partition coefficient (Wildman–Crippen LogP) is 2.49. The van der Waals surface area contributed by atoms with Gasteiger partial charge in [-0.15, -0.1) is 0 Å². The average Bonchev–Trinajstić information content (AvgIpc) is 2.70. The minimum absolute atomic E-state index is 0.167. The smallest absolute Gasteiger partial charge is 0.300 e. The Morgan fingerprint density at radius 2 is 1.94 bits per heavy atom. The van der Waals surface area contributed by atoms with Crippen LogP contribution < -0.4 is 4.90 Å². The number of anilines is 1. The molecule has 6 heteroatoms. The Kier molecular flexibility index (Phi) is 2.87. The number of hydrogen-bond donors (Lipinski definition) is 0. The van der Waals surface area contributed by atoms with Crippen molar-refractivity contribution in [2.45, 2.75) is 26.1 Å². The second-order valence-corrected chi connectivity index (χ2v) is 5.00. The number of rotatable bonds is 1. The van der Waals surface area contributed by atoms with Crippen molar-refractivity contribution in [1.82, 2.24) is 9.97 Å². The lowest BCUT2D eigenvalue weighted by Gasteiger charge is -2.34. The first-order chi connectivity index (χ1) is 8.61. The molecule has 1 saturated heterocycles. The van der Waals surface area contributed by atoms with E-state index >= 15 is 0 Å². The molecule has 1 fully saturated rings. The average molecular weight is 268 g/mol. The van der Waals surface area contributed by atoms with Gasteiger partial charge < -0.3 is 14.1 Å². The van der Waals surface area contributed by atoms with E-state index in [0.717, 1.165) is 13.1 Å². The third kappa shape index (κ3) is 2.15. The fourth-order valence-corrected chi connectivity index (χ4v) is 2.40. The molecule has 3 rings (SSSR count). The van der Waals surface area contributed by atoms with E-state index in [-0.39, 0.29) is 12.2 Å². The molecule has 0 radical (unpaired) electrons. The molecule has 2 atom stereocenters. The molecule has 3 heterocycles. The quantitative estimate of drug-likeness (QED) is 0.743. The molecule has 5 nitrogen and oxygen atoms in total. The summed E-state index contributed by atoms with van der Waals surface area (Å²) in [5.74, 6) is 0. The van der Waals surface area contributed by atoms with E-state index in [1.165, 1.54) is 0 Å². The van der Waals surface area contributed by atoms with Crippen LogP contribution >= 0.6 is 11.6 Å². The van der Waals surface area contributed by atoms with Crippen molar-refractivity contribution in [3.63, 3.8) is 0 Å². The highest BCUT2D eigenvalue weighted by Gasteiger charge is 2.25. The standard InChI is InChI=1S/C12H14ClN3O2/c1-7-5-16(6-8(2)17-7)12-15-11-9(18-12)3-4-10(13)14-11/h3-4,7-8H,5-6H2,1-2H3. The number of fused-ring (bicyclic) bond motifs is 1. The Morgan fingerprint density at radius 3 is 2.67 bits per heavy atom. The molecular formula is C12H14ClN3O2. The van der Waals surface area contributed by atoms with E-state index in [1.807, 2.05) is 13.8 Å². The second kappa shape index (κ2) is 4.40. The van der Waals surface area contributed by atoms with Crippen LogP contribution in [0.3, 0.4) is 0 Å². The number of hydrogen-bond acceptors (Lipinski definition) is 5. The first kappa shape index (κ1) is 11.7. The van der Waals surface area contributed by atoms with Crippen LogP contribution in [0.4, 0.5) is 6.01 Å². The van der Waals surface area contributed by atoms with Gasteiger partial charge in [0.05, 0.1) is 12.2 Å². The van der Waals surface area contributed by atoms with Gasteiger partial charge in [-0.3, -0.25) is 0 Å². The van der Waals surface area contributed by atoms with E-state index in [2.05, 4.69) is 14.9 Å². The van der Waals surface area contributed by atoms with Gasteiger partial charge in [0, 0.05) is 13.1 Å². The van der Waals surface area contributed by atoms with Crippen molar-refractivity contribution in [3.8, 4) is 0 Å². The molecule has 0 spiro atoms. The molecule has 18 heavy (non-hydrogen) atoms. The highest BCUT2D eigenvalue weighted by Crippen LogP contribution is 2.24. The van der Waals surface area contributed by atoms with Crippen LogP contribution in [0, 0.1) is 0 Å². The predicted molar refractivity (Wildman–Crippen MR) is 69.0 cm³/mol. The highest BCUT2D eigenvalue weighted by molar-refractivity contribution is 6.29. The van der Waals surface area contributed by atoms with Gasteiger partial charge in [-0.1, -0.05) is 11.6 Å². The Morgan fingerprint density at radius 1 is 1.22 bits per heavy atom. The van der Waals surface area contributed by atoms with Gasteiger partial charge in [-0.05, 0) is 26.0 Å². The molecule has 0 bridgehead atoms. The van der Waals surface area contributed by atoms with Gasteiger partial charge in [0.15, 0.2) is 5.58 Å². The third-order valence-corrected chi connectivity index (χ3v) is 3.11. The zero-order valence-corrected chi connectivity index (χ0v) is 11.0. The summed E-state index contributed by atoms with van der Waals surface area (Å²) in [6.07, 6.45) is 0.334. The summed E-state index contributed by atoms with van der Waals surface area (Å²) < 4.78 is 11.4. The van der Waals surface area contributed by atoms with Crippen LogP contribution in [-0.2, 0) is 4.74 Å². The number of morpholine rings is 1. The SMILES string of the molecule is CC1CN(c2nc3nc(Cl)ccc3o2)CC(C)O1. The first-order valence-corrected chi connectivity index (χ1v) is 6.33. The summed E-state index contributed by atoms with van der Waals surface area (Å²) in [6.45, 7) is 5.62. The van der Waals surface area contributed by atoms with Gasteiger partial charge in [0.1, 0.15) is 5.15 Å². The zero-order chi connectivity index (χ0) is 12.7. The summed E-state index contributed by atoms with van der Waals surface area (Å²) >= 11 is 5.83. The van der Waals surface area contributed by atoms with Crippen molar-refractivity contribution in [1.29, 1.82) is 0 Å². The molecule has 0 amide bonds. The summed E-state index contributed by atoms with van der Waals surface area (Å²) in [5, 5.41) is 0.422. The Labute approximate surface area is 110 Å². The number of pyridine rings is 1. The van der Waals surface area contributed by atoms with Gasteiger partial charge in [-0.2, -0.15) is 4.98 Å². The van der Waals surface area contributed by atoms with Crippen LogP contribution in [-0.4, -0.2) is 35.3 Å². The van der Waals surface area contributed by atoms with Crippen LogP contribution in [0.5, 0.6) is 0 Å². The molecular weight excluding hydrogens is 254 g/mol. The van der Waals surface area contributed by atoms with Crippen LogP contribution in [0.25, 0.3) is 11.2 Å². The minimum Gasteiger partial charge on any atom is -0.422 e. The van der Waals surface area contributed by atoms with Gasteiger partial charge in [-0.25, -0.2) is 4.98 Å². The molecule has 2 unspecified atom stereocenters. The first-order valence-electron chi connectivity index (χ1n) is 5.95. The molecule has 2 aromatic heterocycles. The molecule has 2 aromatic rings. The topological polar surface area (TPSA) is 51.4 Å². The molecule has 0 aromatic carbocycles. The summed E-state index contributed by atoms with van der Waals surface area (Å²) in [7, 11) is 0. The van der Waals surface area contributed by atoms with Crippen LogP contribution in [0.15, 0.2) is 16.5 Å². The van der Waals surface area contributed by atoms with Gasteiger partial charge in [0.2, 0.25) is 5.65 Å². The van der Waals surface area contributed by atoms with Crippen molar-refractivity contribution >= 4 is 28.8 Å². The number of oxazole rings is 1. The van der Waals surface area contributed by atoms with E-state index in [4.69, 9.17) is 20.8 Å². The minimum atomic E-state index is 0.167. The molecule has 0 N–H and O–H groups in total. The van der Waals surface area contributed by atoms with Gasteiger partial charge >= 0.3 is 0 Å². The van der Waals surface area contributed by atoms with E-state index in [0.29, 0.717) is 22.4 Å². The molecule has 0 aliphatic carbocycles. The number of halogens is 1. The van der Waals surface area contributed by atoms with Gasteiger partial charge in [0.25, 0.3) is 6.01 Å². The largest absolute Gasteiger partial charge is 0.422 e. The summed E-state index contributed by atoms with van der Waals surface area (Å²) in [4.78, 5) is 10.6. The molecule has 96 valence electrons. The maximum atomic E-state index is 5.83. The second-order valence-electron chi connectivity index (χ2n) is 4.61. The third-order valence-electron chi connectivity index (χ3n) is 2.90. The van der Waals surface area contributed by atoms with E-state index in [9.17, 15) is 0 Å². The lowest BCUT2D eigenvalue weighted by Crippen LogP contribution is -2.45. The lowest BCUT2D eigenvalue weighted by molar-refractivity contribution is -0.00662. The fraction of sp³-hybridized carbons (Fsp3) is 0.500. The zero-order valence-electron chi connectivity index (χ0n) is 10.3. The van der Waals surface area contributed by atoms with Crippen LogP contribution in [0.2, 0.25) is 5.15 Å². The molecule has 1 aliphatic heterocycles. The maximum absolute atomic E-state index is 5.83. The van der Waals surface area contributed by atoms with Crippen molar-refractivity contribution in [2.75, 3.05) is 18.0 Å². The maximum Gasteiger partial charge on any atom is 0.300 e. The number of ether oxygens (including phenoxy) is 1. The number of aromatic nitrogens is 2. The monoisotopic (exact) mass is 267 g/mol.